The zero-order valence-corrected chi connectivity index (χ0v) is 18.8. The number of aromatic nitrogens is 5. The summed E-state index contributed by atoms with van der Waals surface area (Å²) in [5.41, 5.74) is 9.05. The van der Waals surface area contributed by atoms with Crippen LogP contribution >= 0.6 is 0 Å². The van der Waals surface area contributed by atoms with Crippen LogP contribution in [-0.2, 0) is 5.54 Å². The third-order valence-corrected chi connectivity index (χ3v) is 6.74. The highest BCUT2D eigenvalue weighted by Gasteiger charge is 2.45. The number of nitrogens with one attached hydrogen (secondary N) is 1. The van der Waals surface area contributed by atoms with E-state index in [2.05, 4.69) is 31.1 Å². The first-order valence-electron chi connectivity index (χ1n) is 11.3. The fraction of sp³-hybridized carbons (Fsp3) is 0.478. The van der Waals surface area contributed by atoms with Gasteiger partial charge in [0.25, 0.3) is 0 Å². The molecule has 3 N–H and O–H groups in total. The van der Waals surface area contributed by atoms with Crippen LogP contribution in [0.5, 0.6) is 0 Å². The molecule has 1 aliphatic carbocycles. The van der Waals surface area contributed by atoms with Crippen molar-refractivity contribution >= 4 is 17.4 Å². The van der Waals surface area contributed by atoms with Crippen LogP contribution in [0.4, 0.5) is 0 Å². The molecule has 3 aromatic heterocycles. The smallest absolute Gasteiger partial charge is 0.149 e. The summed E-state index contributed by atoms with van der Waals surface area (Å²) >= 11 is 0. The van der Waals surface area contributed by atoms with Crippen LogP contribution in [0, 0.1) is 5.92 Å². The second-order valence-corrected chi connectivity index (χ2v) is 9.02. The third kappa shape index (κ3) is 3.61. The van der Waals surface area contributed by atoms with E-state index in [9.17, 15) is 0 Å². The van der Waals surface area contributed by atoms with Crippen LogP contribution in [0.25, 0.3) is 22.6 Å². The summed E-state index contributed by atoms with van der Waals surface area (Å²) in [5.74, 6) is 1.67. The highest BCUT2D eigenvalue weighted by atomic mass is 15.4. The van der Waals surface area contributed by atoms with E-state index in [0.717, 1.165) is 53.9 Å². The van der Waals surface area contributed by atoms with Gasteiger partial charge < -0.3 is 11.1 Å². The molecule has 0 bridgehead atoms. The van der Waals surface area contributed by atoms with Crippen LogP contribution in [0.15, 0.2) is 42.0 Å². The van der Waals surface area contributed by atoms with Gasteiger partial charge in [0.05, 0.1) is 17.5 Å². The largest absolute Gasteiger partial charge is 0.404 e. The summed E-state index contributed by atoms with van der Waals surface area (Å²) in [5, 5.41) is 8.16. The van der Waals surface area contributed by atoms with Crippen molar-refractivity contribution in [2.75, 3.05) is 40.3 Å². The summed E-state index contributed by atoms with van der Waals surface area (Å²) in [6.07, 6.45) is 15.1. The number of aliphatic imine (C=N–C) groups is 1. The highest BCUT2D eigenvalue weighted by molar-refractivity contribution is 6.09. The first-order valence-corrected chi connectivity index (χ1v) is 11.3. The maximum atomic E-state index is 5.83. The van der Waals surface area contributed by atoms with E-state index in [0.29, 0.717) is 0 Å². The van der Waals surface area contributed by atoms with Crippen LogP contribution in [-0.4, -0.2) is 75.5 Å². The SMILES string of the molecule is CN=CC(=CN)c1cc2nccn2c(-c2cnn(C3(CNC)CN(CC4CCC4)C3)c2)n1. The van der Waals surface area contributed by atoms with E-state index in [4.69, 9.17) is 15.8 Å². The summed E-state index contributed by atoms with van der Waals surface area (Å²) in [6, 6.07) is 1.92. The average Bonchev–Trinajstić information content (AvgIpc) is 3.41. The Kier molecular flexibility index (Phi) is 5.52. The van der Waals surface area contributed by atoms with Crippen molar-refractivity contribution < 1.29 is 0 Å². The lowest BCUT2D eigenvalue weighted by atomic mass is 9.82. The summed E-state index contributed by atoms with van der Waals surface area (Å²) in [4.78, 5) is 16.0. The molecule has 2 aliphatic rings. The van der Waals surface area contributed by atoms with Crippen LogP contribution in [0.3, 0.4) is 0 Å². The molecule has 0 aromatic carbocycles. The standard InChI is InChI=1S/C23H31N9/c1-25-10-18(9-24)20-8-21-27-6-7-31(21)22(29-20)19-11-28-32(13-19)23(14-26-2)15-30(16-23)12-17-4-3-5-17/h6-11,13,17,26H,3-5,12,14-16,24H2,1-2H3. The number of allylic oxidation sites excluding steroid dienone is 1. The number of likely N-dealkylation sites (N-methyl/N-ethyl adjacent to an activating group) is 1. The number of hydrogen-bond donors (Lipinski definition) is 2. The van der Waals surface area contributed by atoms with E-state index >= 15 is 0 Å². The predicted octanol–water partition coefficient (Wildman–Crippen LogP) is 1.62. The van der Waals surface area contributed by atoms with Crippen molar-refractivity contribution in [1.29, 1.82) is 0 Å². The normalized spacial score (nSPS) is 19.5. The number of nitrogens with two attached hydrogens (primary N) is 1. The molecule has 0 radical (unpaired) electrons. The minimum Gasteiger partial charge on any atom is -0.404 e. The fourth-order valence-electron chi connectivity index (χ4n) is 4.93. The molecular weight excluding hydrogens is 402 g/mol. The van der Waals surface area contributed by atoms with Crippen molar-refractivity contribution in [2.24, 2.45) is 16.6 Å². The summed E-state index contributed by atoms with van der Waals surface area (Å²) < 4.78 is 4.11. The van der Waals surface area contributed by atoms with Gasteiger partial charge in [-0.15, -0.1) is 0 Å². The molecule has 0 amide bonds. The van der Waals surface area contributed by atoms with Crippen molar-refractivity contribution in [3.8, 4) is 11.4 Å². The number of nitrogens with zero attached hydrogens (tertiary/aromatic N) is 7. The van der Waals surface area contributed by atoms with E-state index in [1.165, 1.54) is 32.0 Å². The van der Waals surface area contributed by atoms with Crippen LogP contribution in [0.1, 0.15) is 25.0 Å². The lowest BCUT2D eigenvalue weighted by Gasteiger charge is -2.52. The van der Waals surface area contributed by atoms with Gasteiger partial charge in [-0.05, 0) is 25.8 Å². The average molecular weight is 434 g/mol. The van der Waals surface area contributed by atoms with Gasteiger partial charge in [0.15, 0.2) is 0 Å². The minimum atomic E-state index is -0.0282. The molecule has 2 fully saturated rings. The molecule has 1 saturated carbocycles. The van der Waals surface area contributed by atoms with Gasteiger partial charge in [0, 0.05) is 75.9 Å². The first-order chi connectivity index (χ1) is 15.7. The Morgan fingerprint density at radius 3 is 2.91 bits per heavy atom. The maximum Gasteiger partial charge on any atom is 0.149 e. The van der Waals surface area contributed by atoms with Crippen LogP contribution < -0.4 is 11.1 Å². The summed E-state index contributed by atoms with van der Waals surface area (Å²) in [7, 11) is 3.73. The molecule has 4 heterocycles. The molecule has 9 nitrogen and oxygen atoms in total. The second kappa shape index (κ2) is 8.48. The number of rotatable bonds is 8. The topological polar surface area (TPSA) is 102 Å². The Bertz CT molecular complexity index is 1150. The van der Waals surface area contributed by atoms with Gasteiger partial charge in [-0.25, -0.2) is 9.97 Å². The Morgan fingerprint density at radius 1 is 1.38 bits per heavy atom. The molecule has 168 valence electrons. The fourth-order valence-corrected chi connectivity index (χ4v) is 4.93. The Labute approximate surface area is 188 Å². The molecular formula is C23H31N9. The Balaban J connectivity index is 1.46. The van der Waals surface area contributed by atoms with Gasteiger partial charge in [0.1, 0.15) is 17.0 Å². The predicted molar refractivity (Wildman–Crippen MR) is 126 cm³/mol. The van der Waals surface area contributed by atoms with Crippen molar-refractivity contribution in [2.45, 2.75) is 24.8 Å². The number of fused-ring (bicyclic) bond motifs is 1. The molecule has 0 unspecified atom stereocenters. The zero-order valence-electron chi connectivity index (χ0n) is 18.8. The van der Waals surface area contributed by atoms with Gasteiger partial charge in [-0.3, -0.25) is 19.0 Å². The van der Waals surface area contributed by atoms with Gasteiger partial charge in [0.2, 0.25) is 0 Å². The molecule has 3 aromatic rings. The van der Waals surface area contributed by atoms with Gasteiger partial charge in [-0.1, -0.05) is 6.42 Å². The van der Waals surface area contributed by atoms with E-state index in [-0.39, 0.29) is 5.54 Å². The Morgan fingerprint density at radius 2 is 2.22 bits per heavy atom. The Hall–Kier alpha value is -3.04. The number of imidazole rings is 1. The molecule has 1 saturated heterocycles. The van der Waals surface area contributed by atoms with Crippen LogP contribution in [0.2, 0.25) is 0 Å². The monoisotopic (exact) mass is 433 g/mol. The lowest BCUT2D eigenvalue weighted by Crippen LogP contribution is -2.67. The van der Waals surface area contributed by atoms with E-state index < -0.39 is 0 Å². The van der Waals surface area contributed by atoms with Crippen molar-refractivity contribution in [3.05, 3.63) is 42.7 Å². The number of hydrogen-bond acceptors (Lipinski definition) is 7. The van der Waals surface area contributed by atoms with E-state index in [1.807, 2.05) is 29.9 Å². The molecule has 1 aliphatic heterocycles. The molecule has 32 heavy (non-hydrogen) atoms. The zero-order chi connectivity index (χ0) is 22.1. The highest BCUT2D eigenvalue weighted by Crippen LogP contribution is 2.34. The molecule has 9 heteroatoms. The summed E-state index contributed by atoms with van der Waals surface area (Å²) in [6.45, 7) is 4.14. The van der Waals surface area contributed by atoms with Gasteiger partial charge in [-0.2, -0.15) is 5.10 Å². The maximum absolute atomic E-state index is 5.83. The molecule has 0 spiro atoms. The van der Waals surface area contributed by atoms with E-state index in [1.54, 1.807) is 19.5 Å². The van der Waals surface area contributed by atoms with Crippen molar-refractivity contribution in [3.63, 3.8) is 0 Å². The third-order valence-electron chi connectivity index (χ3n) is 6.74. The molecule has 0 atom stereocenters. The van der Waals surface area contributed by atoms with Crippen molar-refractivity contribution in [1.82, 2.24) is 34.4 Å². The lowest BCUT2D eigenvalue weighted by molar-refractivity contribution is -0.0146. The first kappa shape index (κ1) is 20.8. The number of likely N-dealkylation sites (tertiary alicyclic amines) is 1. The minimum absolute atomic E-state index is 0.0282. The quantitative estimate of drug-likeness (QED) is 0.524. The molecule has 5 rings (SSSR count). The second-order valence-electron chi connectivity index (χ2n) is 9.02. The van der Waals surface area contributed by atoms with Gasteiger partial charge >= 0.3 is 0 Å².